The Morgan fingerprint density at radius 2 is 1.71 bits per heavy atom. The Hall–Kier alpha value is -2.62. The van der Waals surface area contributed by atoms with Gasteiger partial charge in [0.2, 0.25) is 0 Å². The van der Waals surface area contributed by atoms with Crippen molar-refractivity contribution >= 4 is 10.2 Å². The third-order valence-electron chi connectivity index (χ3n) is 6.06. The number of aromatic nitrogens is 3. The molecule has 2 aromatic heterocycles. The Bertz CT molecular complexity index is 1230. The molecule has 9 heteroatoms. The molecule has 0 saturated heterocycles. The largest absolute Gasteiger partial charge is 0.382 e. The van der Waals surface area contributed by atoms with E-state index in [0.29, 0.717) is 17.8 Å². The van der Waals surface area contributed by atoms with Crippen LogP contribution in [0.15, 0.2) is 48.8 Å². The summed E-state index contributed by atoms with van der Waals surface area (Å²) < 4.78 is 41.4. The molecular formula is C25H33FN4O3S. The molecule has 2 heterocycles. The highest BCUT2D eigenvalue weighted by Gasteiger charge is 2.35. The van der Waals surface area contributed by atoms with Gasteiger partial charge in [0.25, 0.3) is 0 Å². The molecular weight excluding hydrogens is 455 g/mol. The molecule has 0 aliphatic rings. The Morgan fingerprint density at radius 3 is 2.24 bits per heavy atom. The van der Waals surface area contributed by atoms with Crippen LogP contribution in [0.4, 0.5) is 4.39 Å². The summed E-state index contributed by atoms with van der Waals surface area (Å²) in [5, 5.41) is 11.4. The van der Waals surface area contributed by atoms with Gasteiger partial charge >= 0.3 is 10.2 Å². The zero-order chi connectivity index (χ0) is 25.3. The lowest BCUT2D eigenvalue weighted by atomic mass is 9.85. The molecule has 3 rings (SSSR count). The van der Waals surface area contributed by atoms with E-state index in [1.54, 1.807) is 13.0 Å². The van der Waals surface area contributed by atoms with Crippen molar-refractivity contribution in [2.45, 2.75) is 52.6 Å². The van der Waals surface area contributed by atoms with E-state index in [1.165, 1.54) is 26.4 Å². The number of hydrogen-bond donors (Lipinski definition) is 1. The van der Waals surface area contributed by atoms with Crippen LogP contribution in [0.25, 0.3) is 11.3 Å². The normalized spacial score (nSPS) is 14.4. The van der Waals surface area contributed by atoms with Crippen LogP contribution in [0.1, 0.15) is 51.2 Å². The molecule has 0 radical (unpaired) electrons. The van der Waals surface area contributed by atoms with Gasteiger partial charge in [0.05, 0.1) is 17.6 Å². The molecule has 1 aromatic carbocycles. The Labute approximate surface area is 201 Å². The summed E-state index contributed by atoms with van der Waals surface area (Å²) in [5.41, 5.74) is 1.25. The highest BCUT2D eigenvalue weighted by Crippen LogP contribution is 2.31. The number of hydrogen-bond acceptors (Lipinski definition) is 5. The average Bonchev–Trinajstić information content (AvgIpc) is 3.19. The molecule has 0 aliphatic carbocycles. The van der Waals surface area contributed by atoms with E-state index >= 15 is 0 Å². The Morgan fingerprint density at radius 1 is 1.06 bits per heavy atom. The summed E-state index contributed by atoms with van der Waals surface area (Å²) in [4.78, 5) is 8.68. The van der Waals surface area contributed by atoms with Gasteiger partial charge in [0.1, 0.15) is 11.4 Å². The van der Waals surface area contributed by atoms with E-state index < -0.39 is 21.6 Å². The van der Waals surface area contributed by atoms with Crippen molar-refractivity contribution in [3.8, 4) is 11.3 Å². The molecule has 1 unspecified atom stereocenters. The SMILES string of the molecule is CCC(C)(C)Cc1cn(S(=O)(=O)N(C)C)c(C(C)(O)Cc2ccc(-c3ccc(F)cn3)cc2)n1. The van der Waals surface area contributed by atoms with Gasteiger partial charge < -0.3 is 5.11 Å². The molecule has 7 nitrogen and oxygen atoms in total. The molecule has 0 amide bonds. The van der Waals surface area contributed by atoms with Crippen LogP contribution in [0.5, 0.6) is 0 Å². The first-order valence-corrected chi connectivity index (χ1v) is 12.6. The smallest absolute Gasteiger partial charge is 0.308 e. The van der Waals surface area contributed by atoms with Crippen molar-refractivity contribution in [3.63, 3.8) is 0 Å². The van der Waals surface area contributed by atoms with Crippen LogP contribution in [-0.4, -0.2) is 45.9 Å². The van der Waals surface area contributed by atoms with Crippen LogP contribution >= 0.6 is 0 Å². The van der Waals surface area contributed by atoms with Gasteiger partial charge in [-0.1, -0.05) is 51.5 Å². The zero-order valence-electron chi connectivity index (χ0n) is 20.6. The Kier molecular flexibility index (Phi) is 7.31. The topological polar surface area (TPSA) is 88.3 Å². The van der Waals surface area contributed by atoms with Crippen LogP contribution in [-0.2, 0) is 28.7 Å². The molecule has 3 aromatic rings. The summed E-state index contributed by atoms with van der Waals surface area (Å²) >= 11 is 0. The maximum absolute atomic E-state index is 13.1. The predicted octanol–water partition coefficient (Wildman–Crippen LogP) is 4.17. The molecule has 1 atom stereocenters. The van der Waals surface area contributed by atoms with Crippen LogP contribution in [0, 0.1) is 11.2 Å². The van der Waals surface area contributed by atoms with Gasteiger partial charge in [-0.2, -0.15) is 12.7 Å². The van der Waals surface area contributed by atoms with Crippen molar-refractivity contribution in [1.82, 2.24) is 18.2 Å². The second-order valence-corrected chi connectivity index (χ2v) is 11.9. The van der Waals surface area contributed by atoms with Gasteiger partial charge in [0, 0.05) is 32.3 Å². The van der Waals surface area contributed by atoms with E-state index in [4.69, 9.17) is 0 Å². The van der Waals surface area contributed by atoms with Crippen LogP contribution in [0.2, 0.25) is 0 Å². The standard InChI is InChI=1S/C25H33FN4O3S/c1-7-24(2,3)15-21-17-30(34(32,33)29(5)6)23(28-21)25(4,31)14-18-8-10-19(11-9-18)22-13-12-20(26)16-27-22/h8-13,16-17,31H,7,14-15H2,1-6H3. The highest BCUT2D eigenvalue weighted by molar-refractivity contribution is 7.87. The van der Waals surface area contributed by atoms with E-state index in [9.17, 15) is 17.9 Å². The summed E-state index contributed by atoms with van der Waals surface area (Å²) in [6.45, 7) is 7.85. The monoisotopic (exact) mass is 488 g/mol. The fraction of sp³-hybridized carbons (Fsp3) is 0.440. The number of nitrogens with zero attached hydrogens (tertiary/aromatic N) is 4. The minimum atomic E-state index is -3.88. The number of imidazole rings is 1. The minimum Gasteiger partial charge on any atom is -0.382 e. The number of pyridine rings is 1. The molecule has 0 aliphatic heterocycles. The predicted molar refractivity (Wildman–Crippen MR) is 131 cm³/mol. The zero-order valence-corrected chi connectivity index (χ0v) is 21.4. The van der Waals surface area contributed by atoms with E-state index in [-0.39, 0.29) is 17.7 Å². The lowest BCUT2D eigenvalue weighted by molar-refractivity contribution is 0.0473. The molecule has 34 heavy (non-hydrogen) atoms. The lowest BCUT2D eigenvalue weighted by Gasteiger charge is -2.25. The summed E-state index contributed by atoms with van der Waals surface area (Å²) in [6.07, 6.45) is 4.32. The molecule has 1 N–H and O–H groups in total. The number of aliphatic hydroxyl groups is 1. The minimum absolute atomic E-state index is 0.0611. The van der Waals surface area contributed by atoms with Gasteiger partial charge in [-0.25, -0.2) is 13.3 Å². The first kappa shape index (κ1) is 26.0. The van der Waals surface area contributed by atoms with E-state index in [2.05, 4.69) is 30.7 Å². The average molecular weight is 489 g/mol. The van der Waals surface area contributed by atoms with E-state index in [0.717, 1.165) is 32.0 Å². The van der Waals surface area contributed by atoms with Crippen molar-refractivity contribution in [2.75, 3.05) is 14.1 Å². The molecule has 0 saturated carbocycles. The maximum atomic E-state index is 13.1. The summed E-state index contributed by atoms with van der Waals surface area (Å²) in [6, 6.07) is 10.3. The third kappa shape index (κ3) is 5.71. The summed E-state index contributed by atoms with van der Waals surface area (Å²) in [5.74, 6) is -0.325. The van der Waals surface area contributed by atoms with Crippen molar-refractivity contribution in [2.24, 2.45) is 5.41 Å². The number of benzene rings is 1. The van der Waals surface area contributed by atoms with Crippen molar-refractivity contribution in [3.05, 3.63) is 71.7 Å². The van der Waals surface area contributed by atoms with Crippen LogP contribution < -0.4 is 0 Å². The Balaban J connectivity index is 1.95. The lowest BCUT2D eigenvalue weighted by Crippen LogP contribution is -2.35. The van der Waals surface area contributed by atoms with Gasteiger partial charge in [-0.05, 0) is 36.5 Å². The second-order valence-electron chi connectivity index (χ2n) is 9.85. The second kappa shape index (κ2) is 9.56. The number of halogens is 1. The maximum Gasteiger partial charge on any atom is 0.308 e. The quantitative estimate of drug-likeness (QED) is 0.488. The molecule has 0 bridgehead atoms. The van der Waals surface area contributed by atoms with Crippen molar-refractivity contribution < 1.29 is 17.9 Å². The fourth-order valence-corrected chi connectivity index (χ4v) is 4.70. The van der Waals surface area contributed by atoms with Gasteiger partial charge in [-0.3, -0.25) is 4.98 Å². The molecule has 184 valence electrons. The van der Waals surface area contributed by atoms with Crippen molar-refractivity contribution in [1.29, 1.82) is 0 Å². The molecule has 0 spiro atoms. The summed E-state index contributed by atoms with van der Waals surface area (Å²) in [7, 11) is -0.982. The first-order valence-electron chi connectivity index (χ1n) is 11.2. The number of rotatable bonds is 9. The molecule has 0 fully saturated rings. The third-order valence-corrected chi connectivity index (χ3v) is 7.76. The fourth-order valence-electron chi connectivity index (χ4n) is 3.64. The van der Waals surface area contributed by atoms with Gasteiger partial charge in [0.15, 0.2) is 5.82 Å². The van der Waals surface area contributed by atoms with Crippen LogP contribution in [0.3, 0.4) is 0 Å². The van der Waals surface area contributed by atoms with Gasteiger partial charge in [-0.15, -0.1) is 0 Å². The van der Waals surface area contributed by atoms with E-state index in [1.807, 2.05) is 24.3 Å². The highest BCUT2D eigenvalue weighted by atomic mass is 32.2. The first-order chi connectivity index (χ1) is 15.7.